The topological polar surface area (TPSA) is 58.2 Å². The van der Waals surface area contributed by atoms with Gasteiger partial charge in [0.15, 0.2) is 0 Å². The summed E-state index contributed by atoms with van der Waals surface area (Å²) in [5.74, 6) is -0.630. The highest BCUT2D eigenvalue weighted by atomic mass is 19.4. The number of alkyl halides is 3. The number of carbonyl (C=O) groups is 2. The standard InChI is InChI=1S/C15H21F3N2O2/c1-9(21)19-7-12(22)20-14-5-10-2-11(6-14)4-13(3-10,8-14)15(16,17)18/h10-11H,2-8H2,1H3,(H,19,21)(H,20,22). The van der Waals surface area contributed by atoms with Gasteiger partial charge in [-0.2, -0.15) is 13.2 Å². The van der Waals surface area contributed by atoms with E-state index in [1.54, 1.807) is 0 Å². The molecule has 4 rings (SSSR count). The molecular formula is C15H21F3N2O2. The average molecular weight is 318 g/mol. The highest BCUT2D eigenvalue weighted by Gasteiger charge is 2.67. The van der Waals surface area contributed by atoms with Gasteiger partial charge in [0, 0.05) is 12.5 Å². The van der Waals surface area contributed by atoms with Gasteiger partial charge in [-0.25, -0.2) is 0 Å². The lowest BCUT2D eigenvalue weighted by Crippen LogP contribution is -2.66. The molecular weight excluding hydrogens is 297 g/mol. The zero-order valence-corrected chi connectivity index (χ0v) is 12.6. The summed E-state index contributed by atoms with van der Waals surface area (Å²) in [4.78, 5) is 22.8. The fourth-order valence-corrected chi connectivity index (χ4v) is 5.29. The van der Waals surface area contributed by atoms with E-state index in [0.29, 0.717) is 12.8 Å². The van der Waals surface area contributed by atoms with Crippen LogP contribution in [-0.4, -0.2) is 30.1 Å². The van der Waals surface area contributed by atoms with Crippen LogP contribution in [0.4, 0.5) is 13.2 Å². The maximum absolute atomic E-state index is 13.6. The molecule has 4 nitrogen and oxygen atoms in total. The predicted molar refractivity (Wildman–Crippen MR) is 72.7 cm³/mol. The summed E-state index contributed by atoms with van der Waals surface area (Å²) in [7, 11) is 0. The summed E-state index contributed by atoms with van der Waals surface area (Å²) in [5, 5.41) is 5.22. The Hall–Kier alpha value is -1.27. The molecule has 2 amide bonds. The van der Waals surface area contributed by atoms with Crippen LogP contribution in [0.2, 0.25) is 0 Å². The second-order valence-electron chi connectivity index (χ2n) is 7.48. The van der Waals surface area contributed by atoms with E-state index in [4.69, 9.17) is 0 Å². The third-order valence-corrected chi connectivity index (χ3v) is 5.56. The van der Waals surface area contributed by atoms with E-state index in [9.17, 15) is 22.8 Å². The molecule has 2 atom stereocenters. The molecule has 0 spiro atoms. The Morgan fingerprint density at radius 1 is 1.14 bits per heavy atom. The van der Waals surface area contributed by atoms with Crippen molar-refractivity contribution in [1.29, 1.82) is 0 Å². The number of amides is 2. The first-order chi connectivity index (χ1) is 10.1. The van der Waals surface area contributed by atoms with Crippen LogP contribution >= 0.6 is 0 Å². The van der Waals surface area contributed by atoms with Crippen LogP contribution in [0.5, 0.6) is 0 Å². The molecule has 0 aromatic carbocycles. The van der Waals surface area contributed by atoms with Crippen LogP contribution < -0.4 is 10.6 Å². The molecule has 4 saturated carbocycles. The Morgan fingerprint density at radius 2 is 1.73 bits per heavy atom. The van der Waals surface area contributed by atoms with Crippen molar-refractivity contribution in [2.75, 3.05) is 6.54 Å². The largest absolute Gasteiger partial charge is 0.394 e. The van der Waals surface area contributed by atoms with Gasteiger partial charge in [-0.15, -0.1) is 0 Å². The van der Waals surface area contributed by atoms with Crippen molar-refractivity contribution in [3.05, 3.63) is 0 Å². The number of carbonyl (C=O) groups excluding carboxylic acids is 2. The third kappa shape index (κ3) is 2.58. The summed E-state index contributed by atoms with van der Waals surface area (Å²) in [5.41, 5.74) is -2.37. The molecule has 0 aliphatic heterocycles. The van der Waals surface area contributed by atoms with Crippen LogP contribution in [0.15, 0.2) is 0 Å². The van der Waals surface area contributed by atoms with Gasteiger partial charge in [-0.3, -0.25) is 9.59 Å². The Morgan fingerprint density at radius 3 is 2.23 bits per heavy atom. The van der Waals surface area contributed by atoms with Crippen LogP contribution in [0, 0.1) is 17.3 Å². The predicted octanol–water partition coefficient (Wildman–Crippen LogP) is 2.14. The monoisotopic (exact) mass is 318 g/mol. The summed E-state index contributed by atoms with van der Waals surface area (Å²) >= 11 is 0. The molecule has 0 aromatic rings. The molecule has 0 heterocycles. The SMILES string of the molecule is CC(=O)NCC(=O)NC12CC3CC(C1)CC(C(F)(F)F)(C3)C2. The molecule has 7 heteroatoms. The molecule has 2 unspecified atom stereocenters. The van der Waals surface area contributed by atoms with Crippen LogP contribution in [-0.2, 0) is 9.59 Å². The number of hydrogen-bond acceptors (Lipinski definition) is 2. The van der Waals surface area contributed by atoms with Crippen molar-refractivity contribution in [1.82, 2.24) is 10.6 Å². The first-order valence-electron chi connectivity index (χ1n) is 7.75. The molecule has 124 valence electrons. The highest BCUT2D eigenvalue weighted by molar-refractivity contribution is 5.84. The lowest BCUT2D eigenvalue weighted by Gasteiger charge is -2.62. The Bertz CT molecular complexity index is 490. The number of rotatable bonds is 3. The molecule has 22 heavy (non-hydrogen) atoms. The molecule has 4 fully saturated rings. The van der Waals surface area contributed by atoms with Crippen molar-refractivity contribution in [3.8, 4) is 0 Å². The smallest absolute Gasteiger partial charge is 0.349 e. The van der Waals surface area contributed by atoms with E-state index in [2.05, 4.69) is 10.6 Å². The van der Waals surface area contributed by atoms with Gasteiger partial charge in [-0.05, 0) is 50.4 Å². The normalized spacial score (nSPS) is 39.6. The van der Waals surface area contributed by atoms with Crippen molar-refractivity contribution >= 4 is 11.8 Å². The van der Waals surface area contributed by atoms with Gasteiger partial charge < -0.3 is 10.6 Å². The highest BCUT2D eigenvalue weighted by Crippen LogP contribution is 2.66. The van der Waals surface area contributed by atoms with Crippen molar-refractivity contribution in [2.45, 2.75) is 57.2 Å². The van der Waals surface area contributed by atoms with E-state index in [1.165, 1.54) is 6.92 Å². The first kappa shape index (κ1) is 15.6. The number of nitrogens with one attached hydrogen (secondary N) is 2. The Kier molecular flexibility index (Phi) is 3.45. The lowest BCUT2D eigenvalue weighted by molar-refractivity contribution is -0.278. The fourth-order valence-electron chi connectivity index (χ4n) is 5.29. The lowest BCUT2D eigenvalue weighted by atomic mass is 9.46. The van der Waals surface area contributed by atoms with E-state index in [0.717, 1.165) is 6.42 Å². The van der Waals surface area contributed by atoms with Crippen molar-refractivity contribution < 1.29 is 22.8 Å². The molecule has 4 aliphatic carbocycles. The molecule has 0 aromatic heterocycles. The van der Waals surface area contributed by atoms with Crippen molar-refractivity contribution in [2.24, 2.45) is 17.3 Å². The molecule has 4 aliphatic rings. The van der Waals surface area contributed by atoms with Gasteiger partial charge in [0.05, 0.1) is 12.0 Å². The van der Waals surface area contributed by atoms with Crippen LogP contribution in [0.1, 0.15) is 45.4 Å². The molecule has 0 radical (unpaired) electrons. The van der Waals surface area contributed by atoms with Crippen LogP contribution in [0.3, 0.4) is 0 Å². The zero-order valence-electron chi connectivity index (χ0n) is 12.6. The molecule has 2 N–H and O–H groups in total. The average Bonchev–Trinajstić information content (AvgIpc) is 2.32. The van der Waals surface area contributed by atoms with Gasteiger partial charge in [0.25, 0.3) is 0 Å². The summed E-state index contributed by atoms with van der Waals surface area (Å²) < 4.78 is 40.8. The number of halogens is 3. The minimum Gasteiger partial charge on any atom is -0.349 e. The van der Waals surface area contributed by atoms with E-state index >= 15 is 0 Å². The summed E-state index contributed by atoms with van der Waals surface area (Å²) in [6.45, 7) is 1.13. The van der Waals surface area contributed by atoms with Gasteiger partial charge in [0.2, 0.25) is 11.8 Å². The summed E-state index contributed by atoms with van der Waals surface area (Å²) in [6, 6.07) is 0. The number of hydrogen-bond donors (Lipinski definition) is 2. The summed E-state index contributed by atoms with van der Waals surface area (Å²) in [6.07, 6.45) is -1.70. The second-order valence-corrected chi connectivity index (χ2v) is 7.48. The minimum absolute atomic E-state index is 0.0116. The van der Waals surface area contributed by atoms with E-state index < -0.39 is 23.0 Å². The van der Waals surface area contributed by atoms with E-state index in [1.807, 2.05) is 0 Å². The fraction of sp³-hybridized carbons (Fsp3) is 0.867. The maximum Gasteiger partial charge on any atom is 0.394 e. The van der Waals surface area contributed by atoms with Gasteiger partial charge in [0.1, 0.15) is 0 Å². The molecule has 0 saturated heterocycles. The minimum atomic E-state index is -4.21. The Balaban J connectivity index is 1.76. The quantitative estimate of drug-likeness (QED) is 0.837. The maximum atomic E-state index is 13.6. The third-order valence-electron chi connectivity index (χ3n) is 5.56. The van der Waals surface area contributed by atoms with Gasteiger partial charge >= 0.3 is 6.18 Å². The first-order valence-corrected chi connectivity index (χ1v) is 7.75. The van der Waals surface area contributed by atoms with Gasteiger partial charge in [-0.1, -0.05) is 0 Å². The van der Waals surface area contributed by atoms with Crippen molar-refractivity contribution in [3.63, 3.8) is 0 Å². The molecule has 4 bridgehead atoms. The van der Waals surface area contributed by atoms with E-state index in [-0.39, 0.29) is 43.6 Å². The second kappa shape index (κ2) is 4.86. The Labute approximate surface area is 127 Å². The van der Waals surface area contributed by atoms with Crippen LogP contribution in [0.25, 0.3) is 0 Å². The zero-order chi connectivity index (χ0) is 16.2.